The van der Waals surface area contributed by atoms with Crippen molar-refractivity contribution in [1.29, 1.82) is 0 Å². The molecule has 0 aliphatic rings. The number of non-ortho nitro benzene ring substituents is 1. The molecule has 1 atom stereocenters. The Bertz CT molecular complexity index is 878. The molecular formula is C20H21N3O5. The summed E-state index contributed by atoms with van der Waals surface area (Å²) >= 11 is 0. The first-order valence-electron chi connectivity index (χ1n) is 8.65. The van der Waals surface area contributed by atoms with E-state index in [1.807, 2.05) is 0 Å². The predicted octanol–water partition coefficient (Wildman–Crippen LogP) is 2.43. The largest absolute Gasteiger partial charge is 0.368 e. The minimum Gasteiger partial charge on any atom is -0.368 e. The number of carbonyl (C=O) groups is 3. The van der Waals surface area contributed by atoms with Crippen molar-refractivity contribution in [3.8, 4) is 0 Å². The Labute approximate surface area is 162 Å². The maximum atomic E-state index is 13.0. The molecule has 0 saturated heterocycles. The van der Waals surface area contributed by atoms with Gasteiger partial charge in [-0.2, -0.15) is 0 Å². The summed E-state index contributed by atoms with van der Waals surface area (Å²) in [4.78, 5) is 49.1. The van der Waals surface area contributed by atoms with Gasteiger partial charge in [0.1, 0.15) is 6.04 Å². The van der Waals surface area contributed by atoms with Gasteiger partial charge in [-0.05, 0) is 18.1 Å². The van der Waals surface area contributed by atoms with Gasteiger partial charge in [-0.3, -0.25) is 24.5 Å². The van der Waals surface area contributed by atoms with Crippen LogP contribution in [0.15, 0.2) is 54.6 Å². The maximum Gasteiger partial charge on any atom is 0.269 e. The van der Waals surface area contributed by atoms with E-state index >= 15 is 0 Å². The standard InChI is InChI=1S/C20H21N3O5/c1-13(2)18(19(21)25)22(12-17(24)14-6-4-3-5-7-14)20(26)15-8-10-16(11-9-15)23(27)28/h3-11,13,18H,12H2,1-2H3,(H2,21,25). The van der Waals surface area contributed by atoms with Crippen molar-refractivity contribution in [1.82, 2.24) is 4.90 Å². The molecule has 0 aromatic heterocycles. The van der Waals surface area contributed by atoms with Crippen LogP contribution >= 0.6 is 0 Å². The van der Waals surface area contributed by atoms with Crippen LogP contribution in [0.3, 0.4) is 0 Å². The molecule has 28 heavy (non-hydrogen) atoms. The quantitative estimate of drug-likeness (QED) is 0.426. The van der Waals surface area contributed by atoms with E-state index in [0.29, 0.717) is 5.56 Å². The third kappa shape index (κ3) is 4.79. The van der Waals surface area contributed by atoms with Crippen molar-refractivity contribution in [3.05, 3.63) is 75.8 Å². The van der Waals surface area contributed by atoms with Crippen LogP contribution in [0.25, 0.3) is 0 Å². The van der Waals surface area contributed by atoms with Gasteiger partial charge in [0.2, 0.25) is 5.91 Å². The Morgan fingerprint density at radius 2 is 1.57 bits per heavy atom. The summed E-state index contributed by atoms with van der Waals surface area (Å²) in [5, 5.41) is 10.8. The van der Waals surface area contributed by atoms with Crippen LogP contribution in [-0.4, -0.2) is 40.0 Å². The highest BCUT2D eigenvalue weighted by molar-refractivity contribution is 6.03. The number of nitrogens with zero attached hydrogens (tertiary/aromatic N) is 2. The predicted molar refractivity (Wildman–Crippen MR) is 103 cm³/mol. The summed E-state index contributed by atoms with van der Waals surface area (Å²) in [5.74, 6) is -2.01. The first-order chi connectivity index (χ1) is 13.2. The Morgan fingerprint density at radius 3 is 2.04 bits per heavy atom. The third-order valence-electron chi connectivity index (χ3n) is 4.25. The molecule has 0 heterocycles. The molecule has 8 heteroatoms. The van der Waals surface area contributed by atoms with E-state index in [1.165, 1.54) is 24.3 Å². The van der Waals surface area contributed by atoms with E-state index in [4.69, 9.17) is 5.73 Å². The minimum atomic E-state index is -1.00. The number of ketones is 1. The van der Waals surface area contributed by atoms with Crippen LogP contribution in [0.2, 0.25) is 0 Å². The zero-order valence-corrected chi connectivity index (χ0v) is 15.6. The van der Waals surface area contributed by atoms with E-state index in [0.717, 1.165) is 4.90 Å². The molecule has 2 aromatic rings. The molecule has 8 nitrogen and oxygen atoms in total. The number of rotatable bonds is 8. The molecule has 0 fully saturated rings. The van der Waals surface area contributed by atoms with Gasteiger partial charge in [0.05, 0.1) is 11.5 Å². The second-order valence-electron chi connectivity index (χ2n) is 6.62. The Hall–Kier alpha value is -3.55. The van der Waals surface area contributed by atoms with Crippen molar-refractivity contribution in [2.24, 2.45) is 11.7 Å². The summed E-state index contributed by atoms with van der Waals surface area (Å²) in [5.41, 5.74) is 5.85. The molecule has 1 unspecified atom stereocenters. The van der Waals surface area contributed by atoms with Crippen molar-refractivity contribution >= 4 is 23.3 Å². The molecule has 2 rings (SSSR count). The molecule has 0 saturated carbocycles. The highest BCUT2D eigenvalue weighted by Crippen LogP contribution is 2.19. The lowest BCUT2D eigenvalue weighted by atomic mass is 9.99. The van der Waals surface area contributed by atoms with E-state index in [1.54, 1.807) is 44.2 Å². The number of amides is 2. The van der Waals surface area contributed by atoms with Gasteiger partial charge in [0.25, 0.3) is 11.6 Å². The summed E-state index contributed by atoms with van der Waals surface area (Å²) in [6.07, 6.45) is 0. The van der Waals surface area contributed by atoms with Crippen LogP contribution in [-0.2, 0) is 4.79 Å². The van der Waals surface area contributed by atoms with Crippen molar-refractivity contribution in [3.63, 3.8) is 0 Å². The number of carbonyl (C=O) groups excluding carboxylic acids is 3. The lowest BCUT2D eigenvalue weighted by Gasteiger charge is -2.32. The normalized spacial score (nSPS) is 11.7. The Balaban J connectivity index is 2.39. The molecular weight excluding hydrogens is 362 g/mol. The molecule has 0 spiro atoms. The number of benzene rings is 2. The van der Waals surface area contributed by atoms with Gasteiger partial charge in [-0.15, -0.1) is 0 Å². The number of primary amides is 1. The SMILES string of the molecule is CC(C)C(C(N)=O)N(CC(=O)c1ccccc1)C(=O)c1ccc([N+](=O)[O-])cc1. The van der Waals surface area contributed by atoms with Gasteiger partial charge >= 0.3 is 0 Å². The van der Waals surface area contributed by atoms with E-state index in [9.17, 15) is 24.5 Å². The zero-order valence-electron chi connectivity index (χ0n) is 15.6. The van der Waals surface area contributed by atoms with Gasteiger partial charge in [0, 0.05) is 23.3 Å². The van der Waals surface area contributed by atoms with Crippen molar-refractivity contribution < 1.29 is 19.3 Å². The number of hydrogen-bond donors (Lipinski definition) is 1. The van der Waals surface area contributed by atoms with Crippen LogP contribution in [0.4, 0.5) is 5.69 Å². The number of nitro benzene ring substituents is 1. The first kappa shape index (κ1) is 20.8. The number of hydrogen-bond acceptors (Lipinski definition) is 5. The second-order valence-corrected chi connectivity index (χ2v) is 6.62. The minimum absolute atomic E-state index is 0.123. The van der Waals surface area contributed by atoms with Gasteiger partial charge in [-0.25, -0.2) is 0 Å². The third-order valence-corrected chi connectivity index (χ3v) is 4.25. The summed E-state index contributed by atoms with van der Waals surface area (Å²) in [6.45, 7) is 3.10. The topological polar surface area (TPSA) is 124 Å². The van der Waals surface area contributed by atoms with Gasteiger partial charge in [-0.1, -0.05) is 44.2 Å². The molecule has 0 radical (unpaired) electrons. The molecule has 0 aliphatic carbocycles. The molecule has 146 valence electrons. The summed E-state index contributed by atoms with van der Waals surface area (Å²) in [7, 11) is 0. The van der Waals surface area contributed by atoms with Gasteiger partial charge in [0.15, 0.2) is 5.78 Å². The fraction of sp³-hybridized carbons (Fsp3) is 0.250. The van der Waals surface area contributed by atoms with Crippen LogP contribution < -0.4 is 5.73 Å². The van der Waals surface area contributed by atoms with E-state index < -0.39 is 22.8 Å². The Morgan fingerprint density at radius 1 is 1.00 bits per heavy atom. The van der Waals surface area contributed by atoms with Gasteiger partial charge < -0.3 is 10.6 Å². The lowest BCUT2D eigenvalue weighted by molar-refractivity contribution is -0.384. The number of nitrogens with two attached hydrogens (primary N) is 1. The smallest absolute Gasteiger partial charge is 0.269 e. The zero-order chi connectivity index (χ0) is 20.8. The molecule has 2 amide bonds. The second kappa shape index (κ2) is 8.90. The summed E-state index contributed by atoms with van der Waals surface area (Å²) in [6, 6.07) is 12.4. The number of Topliss-reactive ketones (excluding diaryl/α,β-unsaturated/α-hetero) is 1. The average Bonchev–Trinajstić information content (AvgIpc) is 2.67. The lowest BCUT2D eigenvalue weighted by Crippen LogP contribution is -2.52. The summed E-state index contributed by atoms with van der Waals surface area (Å²) < 4.78 is 0. The van der Waals surface area contributed by atoms with Crippen LogP contribution in [0.5, 0.6) is 0 Å². The highest BCUT2D eigenvalue weighted by atomic mass is 16.6. The van der Waals surface area contributed by atoms with Crippen LogP contribution in [0.1, 0.15) is 34.6 Å². The van der Waals surface area contributed by atoms with Crippen molar-refractivity contribution in [2.45, 2.75) is 19.9 Å². The number of nitro groups is 1. The monoisotopic (exact) mass is 383 g/mol. The van der Waals surface area contributed by atoms with Crippen molar-refractivity contribution in [2.75, 3.05) is 6.54 Å². The fourth-order valence-electron chi connectivity index (χ4n) is 2.90. The molecule has 2 N–H and O–H groups in total. The molecule has 0 bridgehead atoms. The highest BCUT2D eigenvalue weighted by Gasteiger charge is 2.33. The van der Waals surface area contributed by atoms with E-state index in [2.05, 4.69) is 0 Å². The maximum absolute atomic E-state index is 13.0. The average molecular weight is 383 g/mol. The molecule has 0 aliphatic heterocycles. The van der Waals surface area contributed by atoms with E-state index in [-0.39, 0.29) is 29.5 Å². The molecule has 2 aromatic carbocycles. The van der Waals surface area contributed by atoms with Crippen LogP contribution in [0, 0.1) is 16.0 Å². The Kier molecular flexibility index (Phi) is 6.59. The fourth-order valence-corrected chi connectivity index (χ4v) is 2.90. The first-order valence-corrected chi connectivity index (χ1v) is 8.65.